The van der Waals surface area contributed by atoms with E-state index in [1.807, 2.05) is 16.0 Å². The summed E-state index contributed by atoms with van der Waals surface area (Å²) in [5, 5.41) is 126. The Morgan fingerprint density at radius 2 is 0.583 bits per heavy atom. The molecule has 0 radical (unpaired) electrons. The van der Waals surface area contributed by atoms with Gasteiger partial charge in [-0.15, -0.1) is 0 Å². The monoisotopic (exact) mass is 1940 g/mol. The fraction of sp³-hybridized carbons (Fsp3) is 0.755. The number of nitrogens with one attached hydrogen (secondary N) is 3. The third-order valence-electron chi connectivity index (χ3n) is 16.0. The molecule has 0 aliphatic carbocycles. The molecule has 10 N–H and O–H groups in total. The van der Waals surface area contributed by atoms with Crippen molar-refractivity contribution in [3.05, 3.63) is 24.3 Å². The zero-order valence-corrected chi connectivity index (χ0v) is 87.5. The standard InChI is InChI=1S/C49H71N3O53S6.9Na/c1-12(53)50-20-23(56)30(103-109(78,79)80)17(9-88-106(69,70)71)92-44(20)97-35-25(58)28(61)48(101-39(35)42(65)66)95-34-22(52-14(3)55)46(94-19(11-90-108(75,76)77)32(34)105-111(84,85)86)99-37-26(59)29(62)49(102-40(37)43(67)68)96-33-21(51-13(2)54)45(93-18(10-89-107(72,73)74)31(33)104-110(81,82)83)98-36-24(57)27(60)47(100-38(36)41(63)64)91-16-7-5-15(87-4)6-8-16;;;;;;;;;/h5-8,17-40,44-49,56-62H,9-11H2,1-4H3,(H,50,53)(H,51,54)(H,52,55)(H,63,64)(H,65,66)(H,67,68)(H,69,70,71)(H,72,73,74)(H,75,76,77)(H,78,79,80)(H,81,82,83)(H,84,85,86);;;;;;;;;/q;9*+1/p-9/t17-,18-,19-,20-,21-,22-,23-,24-,25-,26-,27-,28-,29-,30+,31+,32+,33-,34-,35+,36+,37+,38+,39+,40+,44+,45+,46+,47-,48-,49-;;;;;;;;;/m1........./s1. The van der Waals surface area contributed by atoms with Crippen LogP contribution in [0.4, 0.5) is 0 Å². The molecule has 6 aliphatic rings. The molecular weight excluding hydrogens is 1880 g/mol. The van der Waals surface area contributed by atoms with Gasteiger partial charge in [-0.1, -0.05) is 0 Å². The summed E-state index contributed by atoms with van der Waals surface area (Å²) in [6.45, 7) is -3.79. The van der Waals surface area contributed by atoms with Crippen LogP contribution in [-0.4, -0.2) is 360 Å². The summed E-state index contributed by atoms with van der Waals surface area (Å²) in [6, 6.07) is -2.80. The van der Waals surface area contributed by atoms with Crippen LogP contribution in [0, 0.1) is 0 Å². The quantitative estimate of drug-likeness (QED) is 0.0174. The van der Waals surface area contributed by atoms with E-state index in [9.17, 15) is 158 Å². The van der Waals surface area contributed by atoms with Crippen molar-refractivity contribution in [3.63, 3.8) is 0 Å². The van der Waals surface area contributed by atoms with Crippen molar-refractivity contribution < 1.29 is 510 Å². The molecule has 6 fully saturated rings. The average molecular weight is 1940 g/mol. The summed E-state index contributed by atoms with van der Waals surface area (Å²) in [6.07, 6.45) is -77.7. The van der Waals surface area contributed by atoms with Crippen LogP contribution in [-0.2, 0) is 168 Å². The number of amides is 3. The molecule has 6 saturated heterocycles. The van der Waals surface area contributed by atoms with Gasteiger partial charge in [-0.05, 0) is 24.3 Å². The summed E-state index contributed by atoms with van der Waals surface area (Å²) in [5.74, 6) is -11.7. The number of ether oxygens (including phenoxy) is 13. The van der Waals surface area contributed by atoms with Gasteiger partial charge in [0.2, 0.25) is 86.4 Å². The van der Waals surface area contributed by atoms with Crippen LogP contribution in [0.2, 0.25) is 0 Å². The second-order valence-corrected chi connectivity index (χ2v) is 29.9. The largest absolute Gasteiger partial charge is 1.00 e. The molecule has 3 amide bonds. The first-order chi connectivity index (χ1) is 51.0. The molecular formula is C49H62N3Na9O53S6. The Morgan fingerprint density at radius 1 is 0.333 bits per heavy atom. The fourth-order valence-electron chi connectivity index (χ4n) is 11.6. The van der Waals surface area contributed by atoms with Gasteiger partial charge in [0.15, 0.2) is 31.5 Å². The predicted molar refractivity (Wildman–Crippen MR) is 310 cm³/mol. The Morgan fingerprint density at radius 3 is 0.858 bits per heavy atom. The van der Waals surface area contributed by atoms with Crippen LogP contribution < -0.4 is 307 Å². The van der Waals surface area contributed by atoms with Gasteiger partial charge >= 0.3 is 266 Å². The number of benzene rings is 1. The van der Waals surface area contributed by atoms with E-state index >= 15 is 0 Å². The molecule has 120 heavy (non-hydrogen) atoms. The SMILES string of the molecule is COc1ccc(O[C@@H]2O[C@H](C(=O)[O-])[C@@H](O[C@@H]3O[C@H](COS(=O)(=O)[O-])[C@H](OS(=O)(=O)[O-])[C@H](O[C@@H]4O[C@H](C(=O)[O-])[C@@H](O[C@@H]5O[C@H](COS(=O)(=O)[O-])[C@H](OS(=O)(=O)[O-])[C@H](O[C@@H]6O[C@H](C(=O)[O-])[C@@H](O[C@@H]7O[C@H](COS(=O)(=O)[O-])[C@H](OS(=O)(=O)[O-])[C@H](O)[C@H]7NC(C)=O)[C@H](O)[C@H]6O)[C@H]5NC(C)=O)[C@H](O)[C@H]4O)[C@H]3NC(C)=O)[C@H](O)[C@H]2O)cc1.[Na+].[Na+].[Na+].[Na+].[Na+].[Na+].[Na+].[Na+].[Na+]. The van der Waals surface area contributed by atoms with Crippen LogP contribution in [0.25, 0.3) is 0 Å². The molecule has 6 aliphatic heterocycles. The molecule has 0 bridgehead atoms. The Balaban J connectivity index is -0.0000152. The number of carbonyl (C=O) groups is 6. The molecule has 7 rings (SSSR count). The van der Waals surface area contributed by atoms with Crippen LogP contribution in [0.15, 0.2) is 24.3 Å². The molecule has 0 unspecified atom stereocenters. The first-order valence-corrected chi connectivity index (χ1v) is 38.5. The van der Waals surface area contributed by atoms with Crippen molar-refractivity contribution in [2.45, 2.75) is 205 Å². The van der Waals surface area contributed by atoms with Gasteiger partial charge in [-0.3, -0.25) is 39.5 Å². The summed E-state index contributed by atoms with van der Waals surface area (Å²) in [5.41, 5.74) is 0. The van der Waals surface area contributed by atoms with Crippen molar-refractivity contribution in [2.75, 3.05) is 26.9 Å². The number of aliphatic hydroxyl groups excluding tert-OH is 7. The maximum atomic E-state index is 13.3. The van der Waals surface area contributed by atoms with Crippen molar-refractivity contribution >= 4 is 98.0 Å². The van der Waals surface area contributed by atoms with E-state index in [-0.39, 0.29) is 278 Å². The van der Waals surface area contributed by atoms with Gasteiger partial charge in [-0.25, -0.2) is 50.5 Å². The second-order valence-electron chi connectivity index (χ2n) is 23.8. The molecule has 636 valence electrons. The fourth-order valence-corrected chi connectivity index (χ4v) is 14.0. The van der Waals surface area contributed by atoms with Gasteiger partial charge in [0.05, 0.1) is 44.8 Å². The first kappa shape index (κ1) is 127. The molecule has 1 aromatic carbocycles. The summed E-state index contributed by atoms with van der Waals surface area (Å²) < 4.78 is 312. The summed E-state index contributed by atoms with van der Waals surface area (Å²) >= 11 is 0. The molecule has 0 saturated carbocycles. The molecule has 1 aromatic rings. The number of hydrogen-bond acceptors (Lipinski definition) is 53. The first-order valence-electron chi connectivity index (χ1n) is 30.5. The number of aliphatic carboxylic acids is 3. The molecule has 6 heterocycles. The Hall–Kier alpha value is 3.14. The third-order valence-corrected chi connectivity index (χ3v) is 18.6. The third kappa shape index (κ3) is 37.4. The zero-order chi connectivity index (χ0) is 83.4. The van der Waals surface area contributed by atoms with Crippen LogP contribution in [0.1, 0.15) is 20.8 Å². The zero-order valence-electron chi connectivity index (χ0n) is 64.6. The van der Waals surface area contributed by atoms with E-state index in [2.05, 4.69) is 25.1 Å². The molecule has 0 aromatic heterocycles. The molecule has 56 nitrogen and oxygen atoms in total. The van der Waals surface area contributed by atoms with Gasteiger partial charge < -0.3 is 170 Å². The number of carbonyl (C=O) groups excluding carboxylic acids is 6. The van der Waals surface area contributed by atoms with Crippen molar-refractivity contribution in [3.8, 4) is 11.5 Å². The van der Waals surface area contributed by atoms with E-state index in [4.69, 9.17) is 61.6 Å². The van der Waals surface area contributed by atoms with Gasteiger partial charge in [-0.2, -0.15) is 0 Å². The molecule has 30 atom stereocenters. The van der Waals surface area contributed by atoms with Gasteiger partial charge in [0, 0.05) is 20.8 Å². The van der Waals surface area contributed by atoms with E-state index in [0.717, 1.165) is 0 Å². The van der Waals surface area contributed by atoms with Crippen molar-refractivity contribution in [1.29, 1.82) is 0 Å². The normalized spacial score (nSPS) is 34.6. The Kier molecular flexibility index (Phi) is 57.3. The summed E-state index contributed by atoms with van der Waals surface area (Å²) in [7, 11) is -35.5. The maximum absolute atomic E-state index is 13.3. The minimum Gasteiger partial charge on any atom is -0.726 e. The van der Waals surface area contributed by atoms with Crippen molar-refractivity contribution in [2.24, 2.45) is 0 Å². The van der Waals surface area contributed by atoms with E-state index < -0.39 is 302 Å². The minimum absolute atomic E-state index is 0. The average Bonchev–Trinajstić information content (AvgIpc) is 0.758. The van der Waals surface area contributed by atoms with Crippen LogP contribution in [0.3, 0.4) is 0 Å². The molecule has 71 heteroatoms. The number of methoxy groups -OCH3 is 1. The summed E-state index contributed by atoms with van der Waals surface area (Å²) in [4.78, 5) is 77.6. The van der Waals surface area contributed by atoms with E-state index in [1.54, 1.807) is 0 Å². The number of aliphatic hydroxyl groups is 7. The predicted octanol–water partition coefficient (Wildman–Crippen LogP) is -45.4. The Bertz CT molecular complexity index is 4210. The van der Waals surface area contributed by atoms with E-state index in [0.29, 0.717) is 20.8 Å². The number of hydrogen-bond donors (Lipinski definition) is 10. The van der Waals surface area contributed by atoms with Gasteiger partial charge in [0.25, 0.3) is 0 Å². The number of rotatable bonds is 34. The number of carboxylic acid groups (broad SMARTS) is 3. The molecule has 0 spiro atoms. The van der Waals surface area contributed by atoms with Crippen molar-refractivity contribution in [1.82, 2.24) is 16.0 Å². The van der Waals surface area contributed by atoms with Gasteiger partial charge in [0.1, 0.15) is 158 Å². The maximum Gasteiger partial charge on any atom is 1.00 e. The van der Waals surface area contributed by atoms with Crippen LogP contribution in [0.5, 0.6) is 11.5 Å². The topological polar surface area (TPSA) is 868 Å². The second kappa shape index (κ2) is 54.0. The minimum atomic E-state index is -6.44. The Labute approximate surface area is 879 Å². The van der Waals surface area contributed by atoms with E-state index in [1.165, 1.54) is 31.4 Å². The van der Waals surface area contributed by atoms with Crippen LogP contribution >= 0.6 is 0 Å². The number of carboxylic acids is 3. The smallest absolute Gasteiger partial charge is 0.726 e.